The number of anilines is 1. The number of carbonyl (C=O) groups is 2. The van der Waals surface area contributed by atoms with Gasteiger partial charge in [-0.1, -0.05) is 6.07 Å². The molecule has 0 aromatic carbocycles. The van der Waals surface area contributed by atoms with E-state index in [0.29, 0.717) is 5.52 Å². The minimum atomic E-state index is -0.628. The smallest absolute Gasteiger partial charge is 0.342 e. The summed E-state index contributed by atoms with van der Waals surface area (Å²) in [5, 5.41) is 0. The van der Waals surface area contributed by atoms with Gasteiger partial charge < -0.3 is 19.6 Å². The first kappa shape index (κ1) is 13.9. The predicted molar refractivity (Wildman–Crippen MR) is 73.7 cm³/mol. The lowest BCUT2D eigenvalue weighted by molar-refractivity contribution is 0.0482. The molecule has 0 aliphatic rings. The van der Waals surface area contributed by atoms with Gasteiger partial charge in [-0.3, -0.25) is 0 Å². The molecule has 0 atom stereocenters. The number of hydrogen-bond donors (Lipinski definition) is 1. The van der Waals surface area contributed by atoms with Crippen LogP contribution in [0, 0.1) is 0 Å². The Morgan fingerprint density at radius 3 is 2.30 bits per heavy atom. The third-order valence-electron chi connectivity index (χ3n) is 2.84. The normalized spacial score (nSPS) is 10.5. The molecule has 0 amide bonds. The van der Waals surface area contributed by atoms with Crippen LogP contribution in [0.2, 0.25) is 0 Å². The number of nitrogens with two attached hydrogens (primary N) is 1. The van der Waals surface area contributed by atoms with Crippen LogP contribution >= 0.6 is 0 Å². The zero-order valence-electron chi connectivity index (χ0n) is 11.4. The summed E-state index contributed by atoms with van der Waals surface area (Å²) in [7, 11) is 0. The van der Waals surface area contributed by atoms with E-state index >= 15 is 0 Å². The zero-order valence-corrected chi connectivity index (χ0v) is 11.4. The Kier molecular flexibility index (Phi) is 3.93. The van der Waals surface area contributed by atoms with Gasteiger partial charge in [-0.05, 0) is 26.0 Å². The van der Waals surface area contributed by atoms with E-state index in [1.807, 2.05) is 0 Å². The number of esters is 2. The summed E-state index contributed by atoms with van der Waals surface area (Å²) in [5.74, 6) is -1.05. The quantitative estimate of drug-likeness (QED) is 0.862. The topological polar surface area (TPSA) is 83.0 Å². The number of fused-ring (bicyclic) bond motifs is 1. The summed E-state index contributed by atoms with van der Waals surface area (Å²) < 4.78 is 11.5. The second-order valence-corrected chi connectivity index (χ2v) is 4.03. The van der Waals surface area contributed by atoms with Crippen LogP contribution in [-0.4, -0.2) is 29.6 Å². The van der Waals surface area contributed by atoms with Crippen molar-refractivity contribution in [1.82, 2.24) is 4.40 Å². The highest BCUT2D eigenvalue weighted by atomic mass is 16.5. The fraction of sp³-hybridized carbons (Fsp3) is 0.286. The van der Waals surface area contributed by atoms with Crippen LogP contribution in [0.1, 0.15) is 34.6 Å². The summed E-state index contributed by atoms with van der Waals surface area (Å²) in [6, 6.07) is 5.21. The minimum absolute atomic E-state index is 0.0523. The molecule has 106 valence electrons. The second kappa shape index (κ2) is 5.64. The average molecular weight is 276 g/mol. The molecular formula is C14H16N2O4. The third-order valence-corrected chi connectivity index (χ3v) is 2.84. The lowest BCUT2D eigenvalue weighted by Gasteiger charge is -2.04. The molecular weight excluding hydrogens is 260 g/mol. The number of aromatic nitrogens is 1. The van der Waals surface area contributed by atoms with Gasteiger partial charge in [0.1, 0.15) is 16.9 Å². The maximum absolute atomic E-state index is 12.1. The third kappa shape index (κ3) is 2.20. The second-order valence-electron chi connectivity index (χ2n) is 4.03. The molecule has 0 bridgehead atoms. The standard InChI is InChI=1S/C14H16N2O4/c1-3-19-13(17)10-9-7-5-6-8-16(9)12(15)11(10)14(18)20-4-2/h5-8H,3-4,15H2,1-2H3. The maximum Gasteiger partial charge on any atom is 0.342 e. The molecule has 20 heavy (non-hydrogen) atoms. The Morgan fingerprint density at radius 1 is 1.10 bits per heavy atom. The fourth-order valence-electron chi connectivity index (χ4n) is 2.05. The number of nitrogens with zero attached hydrogens (tertiary/aromatic N) is 1. The summed E-state index contributed by atoms with van der Waals surface area (Å²) in [6.07, 6.45) is 1.68. The van der Waals surface area contributed by atoms with E-state index in [2.05, 4.69) is 0 Å². The first-order valence-electron chi connectivity index (χ1n) is 6.34. The Balaban J connectivity index is 2.70. The van der Waals surface area contributed by atoms with Crippen molar-refractivity contribution in [3.05, 3.63) is 35.5 Å². The van der Waals surface area contributed by atoms with Gasteiger partial charge in [0.25, 0.3) is 0 Å². The molecule has 0 fully saturated rings. The number of carbonyl (C=O) groups excluding carboxylic acids is 2. The molecule has 6 nitrogen and oxygen atoms in total. The number of pyridine rings is 1. The summed E-state index contributed by atoms with van der Waals surface area (Å²) in [5.41, 5.74) is 6.67. The summed E-state index contributed by atoms with van der Waals surface area (Å²) in [6.45, 7) is 3.80. The van der Waals surface area contributed by atoms with Crippen molar-refractivity contribution in [2.24, 2.45) is 0 Å². The van der Waals surface area contributed by atoms with Crippen LogP contribution in [0.5, 0.6) is 0 Å². The van der Waals surface area contributed by atoms with Crippen molar-refractivity contribution < 1.29 is 19.1 Å². The average Bonchev–Trinajstić information content (AvgIpc) is 2.73. The molecule has 0 unspecified atom stereocenters. The molecule has 2 heterocycles. The van der Waals surface area contributed by atoms with Crippen LogP contribution in [0.3, 0.4) is 0 Å². The molecule has 6 heteroatoms. The SMILES string of the molecule is CCOC(=O)c1c(C(=O)OCC)c2ccccn2c1N. The van der Waals surface area contributed by atoms with Crippen molar-refractivity contribution in [1.29, 1.82) is 0 Å². The minimum Gasteiger partial charge on any atom is -0.462 e. The molecule has 0 aliphatic heterocycles. The van der Waals surface area contributed by atoms with Crippen LogP contribution in [0.4, 0.5) is 5.82 Å². The summed E-state index contributed by atoms with van der Waals surface area (Å²) >= 11 is 0. The van der Waals surface area contributed by atoms with Gasteiger partial charge in [0.15, 0.2) is 0 Å². The van der Waals surface area contributed by atoms with E-state index < -0.39 is 11.9 Å². The molecule has 0 saturated carbocycles. The van der Waals surface area contributed by atoms with Crippen LogP contribution in [0.15, 0.2) is 24.4 Å². The van der Waals surface area contributed by atoms with Crippen LogP contribution in [0.25, 0.3) is 5.52 Å². The van der Waals surface area contributed by atoms with Gasteiger partial charge in [-0.25, -0.2) is 9.59 Å². The van der Waals surface area contributed by atoms with Crippen molar-refractivity contribution in [3.63, 3.8) is 0 Å². The highest BCUT2D eigenvalue weighted by Gasteiger charge is 2.28. The van der Waals surface area contributed by atoms with Gasteiger partial charge >= 0.3 is 11.9 Å². The number of ether oxygens (including phenoxy) is 2. The molecule has 2 N–H and O–H groups in total. The number of rotatable bonds is 4. The maximum atomic E-state index is 12.1. The van der Waals surface area contributed by atoms with Gasteiger partial charge in [0.2, 0.25) is 0 Å². The molecule has 2 rings (SSSR count). The Hall–Kier alpha value is -2.50. The van der Waals surface area contributed by atoms with Crippen LogP contribution in [-0.2, 0) is 9.47 Å². The van der Waals surface area contributed by atoms with Gasteiger partial charge in [-0.2, -0.15) is 0 Å². The largest absolute Gasteiger partial charge is 0.462 e. The van der Waals surface area contributed by atoms with Crippen molar-refractivity contribution in [2.45, 2.75) is 13.8 Å². The summed E-state index contributed by atoms with van der Waals surface area (Å²) in [4.78, 5) is 24.1. The Morgan fingerprint density at radius 2 is 1.70 bits per heavy atom. The first-order valence-corrected chi connectivity index (χ1v) is 6.34. The zero-order chi connectivity index (χ0) is 14.7. The Labute approximate surface area is 116 Å². The van der Waals surface area contributed by atoms with E-state index in [-0.39, 0.29) is 30.2 Å². The fourth-order valence-corrected chi connectivity index (χ4v) is 2.05. The van der Waals surface area contributed by atoms with Gasteiger partial charge in [-0.15, -0.1) is 0 Å². The lowest BCUT2D eigenvalue weighted by Crippen LogP contribution is -2.13. The molecule has 0 aliphatic carbocycles. The monoisotopic (exact) mass is 276 g/mol. The van der Waals surface area contributed by atoms with Gasteiger partial charge in [0, 0.05) is 6.20 Å². The van der Waals surface area contributed by atoms with Gasteiger partial charge in [0.05, 0.1) is 18.7 Å². The Bertz CT molecular complexity index is 660. The van der Waals surface area contributed by atoms with Crippen molar-refractivity contribution >= 4 is 23.3 Å². The van der Waals surface area contributed by atoms with E-state index in [9.17, 15) is 9.59 Å². The molecule has 2 aromatic heterocycles. The number of nitrogen functional groups attached to an aromatic ring is 1. The van der Waals surface area contributed by atoms with E-state index in [0.717, 1.165) is 0 Å². The lowest BCUT2D eigenvalue weighted by atomic mass is 10.1. The molecule has 0 spiro atoms. The van der Waals surface area contributed by atoms with Crippen molar-refractivity contribution in [3.8, 4) is 0 Å². The van der Waals surface area contributed by atoms with Crippen molar-refractivity contribution in [2.75, 3.05) is 18.9 Å². The van der Waals surface area contributed by atoms with Crippen LogP contribution < -0.4 is 5.73 Å². The number of hydrogen-bond acceptors (Lipinski definition) is 5. The first-order chi connectivity index (χ1) is 9.61. The highest BCUT2D eigenvalue weighted by molar-refractivity contribution is 6.12. The predicted octanol–water partition coefficient (Wildman–Crippen LogP) is 1.87. The molecule has 0 radical (unpaired) electrons. The molecule has 0 saturated heterocycles. The highest BCUT2D eigenvalue weighted by Crippen LogP contribution is 2.27. The van der Waals surface area contributed by atoms with E-state index in [1.54, 1.807) is 42.6 Å². The van der Waals surface area contributed by atoms with E-state index in [1.165, 1.54) is 0 Å². The molecule has 2 aromatic rings. The van der Waals surface area contributed by atoms with E-state index in [4.69, 9.17) is 15.2 Å².